The first kappa shape index (κ1) is 31.1. The molecule has 0 saturated carbocycles. The van der Waals surface area contributed by atoms with Gasteiger partial charge in [-0.05, 0) is 59.4 Å². The number of aromatic nitrogens is 1. The third-order valence-electron chi connectivity index (χ3n) is 7.43. The van der Waals surface area contributed by atoms with Crippen LogP contribution in [0.15, 0.2) is 35.3 Å². The van der Waals surface area contributed by atoms with E-state index in [-0.39, 0.29) is 36.4 Å². The van der Waals surface area contributed by atoms with E-state index in [1.807, 2.05) is 25.8 Å². The Morgan fingerprint density at radius 1 is 1.07 bits per heavy atom. The summed E-state index contributed by atoms with van der Waals surface area (Å²) in [5, 5.41) is 2.54. The highest BCUT2D eigenvalue weighted by atomic mass is 19.4. The number of alkyl halides is 3. The summed E-state index contributed by atoms with van der Waals surface area (Å²) in [6.45, 7) is 10.4. The lowest BCUT2D eigenvalue weighted by Crippen LogP contribution is -2.55. The van der Waals surface area contributed by atoms with Gasteiger partial charge in [-0.3, -0.25) is 14.5 Å². The Morgan fingerprint density at radius 3 is 2.31 bits per heavy atom. The molecule has 1 fully saturated rings. The average molecular weight is 594 g/mol. The van der Waals surface area contributed by atoms with Crippen molar-refractivity contribution in [2.45, 2.75) is 58.5 Å². The molecule has 0 bridgehead atoms. The molecule has 1 aromatic heterocycles. The maximum Gasteiger partial charge on any atom is 0.417 e. The number of rotatable bonds is 4. The Kier molecular flexibility index (Phi) is 8.45. The zero-order valence-electron chi connectivity index (χ0n) is 24.4. The van der Waals surface area contributed by atoms with Crippen LogP contribution in [0.3, 0.4) is 0 Å². The fourth-order valence-electron chi connectivity index (χ4n) is 5.07. The number of aromatic amines is 1. The van der Waals surface area contributed by atoms with Gasteiger partial charge in [-0.2, -0.15) is 13.2 Å². The van der Waals surface area contributed by atoms with Gasteiger partial charge in [0, 0.05) is 56.1 Å². The highest BCUT2D eigenvalue weighted by Gasteiger charge is 2.37. The molecule has 228 valence electrons. The zero-order valence-corrected chi connectivity index (χ0v) is 24.4. The van der Waals surface area contributed by atoms with Gasteiger partial charge in [0.15, 0.2) is 0 Å². The lowest BCUT2D eigenvalue weighted by Gasteiger charge is -2.44. The predicted octanol–water partition coefficient (Wildman–Crippen LogP) is 4.95. The quantitative estimate of drug-likeness (QED) is 0.487. The van der Waals surface area contributed by atoms with Crippen LogP contribution in [0.5, 0.6) is 0 Å². The summed E-state index contributed by atoms with van der Waals surface area (Å²) in [4.78, 5) is 45.0. The lowest BCUT2D eigenvalue weighted by molar-refractivity contribution is -0.138. The molecule has 2 aromatic rings. The summed E-state index contributed by atoms with van der Waals surface area (Å²) in [5.41, 5.74) is -2.96. The molecular weight excluding hydrogens is 558 g/mol. The van der Waals surface area contributed by atoms with Gasteiger partial charge in [0.05, 0.1) is 22.5 Å². The summed E-state index contributed by atoms with van der Waals surface area (Å²) >= 11 is 0. The summed E-state index contributed by atoms with van der Waals surface area (Å²) < 4.78 is 62.2. The van der Waals surface area contributed by atoms with E-state index in [1.165, 1.54) is 17.0 Å². The molecule has 42 heavy (non-hydrogen) atoms. The minimum absolute atomic E-state index is 0.0410. The molecule has 9 nitrogen and oxygen atoms in total. The number of piperazine rings is 1. The Hall–Kier alpha value is -3.87. The van der Waals surface area contributed by atoms with Gasteiger partial charge in [0.25, 0.3) is 5.91 Å². The van der Waals surface area contributed by atoms with Gasteiger partial charge in [-0.1, -0.05) is 6.08 Å². The number of amides is 2. The number of hydrogen-bond acceptors (Lipinski definition) is 6. The van der Waals surface area contributed by atoms with E-state index in [1.54, 1.807) is 26.8 Å². The number of nitrogens with one attached hydrogen (secondary N) is 2. The molecule has 2 aliphatic heterocycles. The lowest BCUT2D eigenvalue weighted by atomic mass is 10.0. The smallest absolute Gasteiger partial charge is 0.417 e. The van der Waals surface area contributed by atoms with E-state index in [9.17, 15) is 27.6 Å². The first-order valence-electron chi connectivity index (χ1n) is 13.5. The molecule has 2 atom stereocenters. The number of halogens is 4. The van der Waals surface area contributed by atoms with Gasteiger partial charge < -0.3 is 24.8 Å². The van der Waals surface area contributed by atoms with E-state index in [2.05, 4.69) is 15.2 Å². The largest absolute Gasteiger partial charge is 0.444 e. The fourth-order valence-corrected chi connectivity index (χ4v) is 5.07. The second kappa shape index (κ2) is 11.4. The highest BCUT2D eigenvalue weighted by Crippen LogP contribution is 2.37. The molecule has 2 N–H and O–H groups in total. The predicted molar refractivity (Wildman–Crippen MR) is 151 cm³/mol. The third-order valence-corrected chi connectivity index (χ3v) is 7.43. The van der Waals surface area contributed by atoms with Crippen LogP contribution in [-0.4, -0.2) is 77.7 Å². The van der Waals surface area contributed by atoms with Gasteiger partial charge in [-0.15, -0.1) is 0 Å². The Bertz CT molecular complexity index is 1450. The standard InChI is InChI=1S/C29H35F4N5O4/c1-16-13-38(14-17(2)36(16)6)24-11-22(30)19(18-7-8-37(15-18)27(41)42-28(3,4)5)9-23(24)35-26(40)20-12-34-25(39)10-21(20)29(31,32)33/h7,9-12,16-17H,8,13-15H2,1-6H3,(H,34,39)(H,35,40)/t16-,17+. The van der Waals surface area contributed by atoms with Crippen molar-refractivity contribution in [2.24, 2.45) is 0 Å². The normalized spacial score (nSPS) is 20.0. The van der Waals surface area contributed by atoms with Gasteiger partial charge in [0.2, 0.25) is 5.56 Å². The number of carbonyl (C=O) groups excluding carboxylic acids is 2. The van der Waals surface area contributed by atoms with Crippen LogP contribution in [0, 0.1) is 5.82 Å². The molecule has 2 aliphatic rings. The molecule has 3 heterocycles. The number of ether oxygens (including phenoxy) is 1. The first-order chi connectivity index (χ1) is 19.4. The summed E-state index contributed by atoms with van der Waals surface area (Å²) in [7, 11) is 1.97. The van der Waals surface area contributed by atoms with Crippen molar-refractivity contribution in [3.8, 4) is 0 Å². The van der Waals surface area contributed by atoms with E-state index < -0.39 is 46.3 Å². The number of anilines is 2. The molecular formula is C29H35F4N5O4. The van der Waals surface area contributed by atoms with Crippen molar-refractivity contribution in [1.82, 2.24) is 14.8 Å². The molecule has 2 amide bonds. The first-order valence-corrected chi connectivity index (χ1v) is 13.5. The number of H-pyrrole nitrogens is 1. The van der Waals surface area contributed by atoms with Crippen LogP contribution in [0.25, 0.3) is 5.57 Å². The minimum Gasteiger partial charge on any atom is -0.444 e. The van der Waals surface area contributed by atoms with Crippen molar-refractivity contribution < 1.29 is 31.9 Å². The van der Waals surface area contributed by atoms with Crippen LogP contribution in [-0.2, 0) is 10.9 Å². The summed E-state index contributed by atoms with van der Waals surface area (Å²) in [5.74, 6) is -1.73. The van der Waals surface area contributed by atoms with Crippen molar-refractivity contribution in [3.05, 3.63) is 63.3 Å². The van der Waals surface area contributed by atoms with Crippen molar-refractivity contribution in [2.75, 3.05) is 43.4 Å². The number of nitrogens with zero attached hydrogens (tertiary/aromatic N) is 3. The minimum atomic E-state index is -4.96. The number of pyridine rings is 1. The van der Waals surface area contributed by atoms with Crippen molar-refractivity contribution in [1.29, 1.82) is 0 Å². The molecule has 1 saturated heterocycles. The van der Waals surface area contributed by atoms with Crippen LogP contribution in [0.1, 0.15) is 56.1 Å². The molecule has 1 aromatic carbocycles. The molecule has 0 spiro atoms. The van der Waals surface area contributed by atoms with E-state index >= 15 is 4.39 Å². The van der Waals surface area contributed by atoms with Gasteiger partial charge >= 0.3 is 12.3 Å². The Morgan fingerprint density at radius 2 is 1.71 bits per heavy atom. The Labute approximate surface area is 241 Å². The summed E-state index contributed by atoms with van der Waals surface area (Å²) in [6, 6.07) is 3.08. The Balaban J connectivity index is 1.73. The number of likely N-dealkylation sites (N-methyl/N-ethyl adjacent to an activating group) is 1. The van der Waals surface area contributed by atoms with Crippen LogP contribution in [0.2, 0.25) is 0 Å². The second-order valence-electron chi connectivity index (χ2n) is 11.8. The van der Waals surface area contributed by atoms with E-state index in [0.717, 1.165) is 0 Å². The number of benzene rings is 1. The molecule has 4 rings (SSSR count). The topological polar surface area (TPSA) is 98.0 Å². The van der Waals surface area contributed by atoms with Crippen molar-refractivity contribution in [3.63, 3.8) is 0 Å². The van der Waals surface area contributed by atoms with Gasteiger partial charge in [-0.25, -0.2) is 9.18 Å². The van der Waals surface area contributed by atoms with Gasteiger partial charge in [0.1, 0.15) is 11.4 Å². The number of hydrogen-bond donors (Lipinski definition) is 2. The van der Waals surface area contributed by atoms with Crippen LogP contribution >= 0.6 is 0 Å². The third kappa shape index (κ3) is 6.77. The average Bonchev–Trinajstić information content (AvgIpc) is 3.36. The van der Waals surface area contributed by atoms with E-state index in [0.29, 0.717) is 36.6 Å². The van der Waals surface area contributed by atoms with E-state index in [4.69, 9.17) is 4.74 Å². The maximum atomic E-state index is 15.7. The monoisotopic (exact) mass is 593 g/mol. The molecule has 13 heteroatoms. The molecule has 0 radical (unpaired) electrons. The fraction of sp³-hybridized carbons (Fsp3) is 0.483. The van der Waals surface area contributed by atoms with Crippen molar-refractivity contribution >= 4 is 28.9 Å². The summed E-state index contributed by atoms with van der Waals surface area (Å²) in [6.07, 6.45) is -3.16. The molecule has 0 aliphatic carbocycles. The highest BCUT2D eigenvalue weighted by molar-refractivity contribution is 6.07. The number of carbonyl (C=O) groups is 2. The zero-order chi connectivity index (χ0) is 31.1. The SMILES string of the molecule is C[C@@H]1CN(c2cc(F)c(C3=CCN(C(=O)OC(C)(C)C)C3)cc2NC(=O)c2c[nH]c(=O)cc2C(F)(F)F)C[C@H](C)N1C. The second-order valence-corrected chi connectivity index (χ2v) is 11.8. The maximum absolute atomic E-state index is 15.7. The van der Waals surface area contributed by atoms with Crippen LogP contribution in [0.4, 0.5) is 33.7 Å². The molecule has 0 unspecified atom stereocenters. The van der Waals surface area contributed by atoms with Crippen LogP contribution < -0.4 is 15.8 Å².